The van der Waals surface area contributed by atoms with E-state index in [4.69, 9.17) is 10.5 Å². The molecule has 0 aliphatic carbocycles. The van der Waals surface area contributed by atoms with E-state index in [-0.39, 0.29) is 0 Å². The summed E-state index contributed by atoms with van der Waals surface area (Å²) in [6, 6.07) is 5.83. The molecule has 0 radical (unpaired) electrons. The van der Waals surface area contributed by atoms with Crippen molar-refractivity contribution < 1.29 is 4.74 Å². The van der Waals surface area contributed by atoms with Crippen molar-refractivity contribution in [3.8, 4) is 5.75 Å². The van der Waals surface area contributed by atoms with Crippen molar-refractivity contribution >= 4 is 5.70 Å². The van der Waals surface area contributed by atoms with E-state index in [2.05, 4.69) is 6.58 Å². The molecule has 0 bridgehead atoms. The maximum Gasteiger partial charge on any atom is 0.128 e. The molecule has 0 unspecified atom stereocenters. The SMILES string of the molecule is C=C(N)c1ccc(C)cc1OC. The topological polar surface area (TPSA) is 35.2 Å². The van der Waals surface area contributed by atoms with Crippen LogP contribution in [-0.4, -0.2) is 7.11 Å². The Kier molecular flexibility index (Phi) is 2.38. The highest BCUT2D eigenvalue weighted by Crippen LogP contribution is 2.23. The minimum Gasteiger partial charge on any atom is -0.496 e. The van der Waals surface area contributed by atoms with Gasteiger partial charge in [0.05, 0.1) is 7.11 Å². The van der Waals surface area contributed by atoms with E-state index in [1.54, 1.807) is 7.11 Å². The summed E-state index contributed by atoms with van der Waals surface area (Å²) in [5, 5.41) is 0. The summed E-state index contributed by atoms with van der Waals surface area (Å²) in [4.78, 5) is 0. The molecule has 0 spiro atoms. The van der Waals surface area contributed by atoms with Crippen molar-refractivity contribution in [1.29, 1.82) is 0 Å². The van der Waals surface area contributed by atoms with Crippen LogP contribution in [-0.2, 0) is 0 Å². The lowest BCUT2D eigenvalue weighted by molar-refractivity contribution is 0.413. The van der Waals surface area contributed by atoms with Gasteiger partial charge in [0.2, 0.25) is 0 Å². The second-order valence-corrected chi connectivity index (χ2v) is 2.73. The van der Waals surface area contributed by atoms with Gasteiger partial charge in [0.15, 0.2) is 0 Å². The van der Waals surface area contributed by atoms with Crippen LogP contribution in [0.25, 0.3) is 5.70 Å². The van der Waals surface area contributed by atoms with Gasteiger partial charge in [0, 0.05) is 11.3 Å². The first-order valence-electron chi connectivity index (χ1n) is 3.74. The Hall–Kier alpha value is -1.44. The van der Waals surface area contributed by atoms with Gasteiger partial charge in [-0.05, 0) is 24.6 Å². The van der Waals surface area contributed by atoms with Crippen molar-refractivity contribution in [3.05, 3.63) is 35.9 Å². The first-order valence-corrected chi connectivity index (χ1v) is 3.74. The molecule has 0 saturated heterocycles. The fourth-order valence-corrected chi connectivity index (χ4v) is 1.06. The highest BCUT2D eigenvalue weighted by atomic mass is 16.5. The molecule has 1 aromatic rings. The van der Waals surface area contributed by atoms with Gasteiger partial charge in [-0.2, -0.15) is 0 Å². The molecule has 64 valence electrons. The minimum atomic E-state index is 0.534. The lowest BCUT2D eigenvalue weighted by Gasteiger charge is -2.08. The monoisotopic (exact) mass is 163 g/mol. The lowest BCUT2D eigenvalue weighted by atomic mass is 10.1. The number of hydrogen-bond donors (Lipinski definition) is 1. The minimum absolute atomic E-state index is 0.534. The standard InChI is InChI=1S/C10H13NO/c1-7-4-5-9(8(2)11)10(6-7)12-3/h4-6H,2,11H2,1,3H3. The molecule has 0 aliphatic heterocycles. The van der Waals surface area contributed by atoms with Gasteiger partial charge >= 0.3 is 0 Å². The highest BCUT2D eigenvalue weighted by Gasteiger charge is 2.02. The third kappa shape index (κ3) is 1.59. The van der Waals surface area contributed by atoms with Crippen LogP contribution in [0.3, 0.4) is 0 Å². The summed E-state index contributed by atoms with van der Waals surface area (Å²) >= 11 is 0. The van der Waals surface area contributed by atoms with E-state index in [0.29, 0.717) is 5.70 Å². The van der Waals surface area contributed by atoms with Crippen molar-refractivity contribution in [2.24, 2.45) is 5.73 Å². The average molecular weight is 163 g/mol. The Labute approximate surface area is 72.7 Å². The summed E-state index contributed by atoms with van der Waals surface area (Å²) in [5.74, 6) is 0.780. The fourth-order valence-electron chi connectivity index (χ4n) is 1.06. The zero-order valence-corrected chi connectivity index (χ0v) is 7.42. The third-order valence-electron chi connectivity index (χ3n) is 1.70. The van der Waals surface area contributed by atoms with Crippen molar-refractivity contribution in [1.82, 2.24) is 0 Å². The van der Waals surface area contributed by atoms with Gasteiger partial charge in [-0.3, -0.25) is 0 Å². The maximum atomic E-state index is 5.57. The van der Waals surface area contributed by atoms with E-state index >= 15 is 0 Å². The van der Waals surface area contributed by atoms with E-state index in [0.717, 1.165) is 16.9 Å². The first kappa shape index (κ1) is 8.65. The summed E-state index contributed by atoms with van der Waals surface area (Å²) in [7, 11) is 1.63. The Bertz CT molecular complexity index is 305. The second-order valence-electron chi connectivity index (χ2n) is 2.73. The fraction of sp³-hybridized carbons (Fsp3) is 0.200. The number of aryl methyl sites for hydroxylation is 1. The summed E-state index contributed by atoms with van der Waals surface area (Å²) < 4.78 is 5.15. The van der Waals surface area contributed by atoms with E-state index in [9.17, 15) is 0 Å². The largest absolute Gasteiger partial charge is 0.496 e. The molecule has 0 heterocycles. The predicted octanol–water partition coefficient (Wildman–Crippen LogP) is 1.93. The van der Waals surface area contributed by atoms with Crippen LogP contribution in [0.15, 0.2) is 24.8 Å². The Balaban J connectivity index is 3.20. The van der Waals surface area contributed by atoms with Crippen LogP contribution in [0.2, 0.25) is 0 Å². The molecule has 2 N–H and O–H groups in total. The number of hydrogen-bond acceptors (Lipinski definition) is 2. The maximum absolute atomic E-state index is 5.57. The van der Waals surface area contributed by atoms with Crippen LogP contribution in [0.1, 0.15) is 11.1 Å². The van der Waals surface area contributed by atoms with Gasteiger partial charge in [0.1, 0.15) is 5.75 Å². The molecule has 0 fully saturated rings. The summed E-state index contributed by atoms with van der Waals surface area (Å²) in [5.41, 5.74) is 8.11. The number of ether oxygens (including phenoxy) is 1. The Morgan fingerprint density at radius 2 is 2.17 bits per heavy atom. The van der Waals surface area contributed by atoms with E-state index in [1.165, 1.54) is 0 Å². The lowest BCUT2D eigenvalue weighted by Crippen LogP contribution is -1.97. The molecule has 0 amide bonds. The van der Waals surface area contributed by atoms with E-state index in [1.807, 2.05) is 25.1 Å². The summed E-state index contributed by atoms with van der Waals surface area (Å²) in [6.07, 6.45) is 0. The van der Waals surface area contributed by atoms with Crippen LogP contribution in [0.4, 0.5) is 0 Å². The van der Waals surface area contributed by atoms with Gasteiger partial charge in [-0.15, -0.1) is 0 Å². The van der Waals surface area contributed by atoms with Crippen molar-refractivity contribution in [2.45, 2.75) is 6.92 Å². The smallest absolute Gasteiger partial charge is 0.128 e. The second kappa shape index (κ2) is 3.30. The van der Waals surface area contributed by atoms with Crippen LogP contribution >= 0.6 is 0 Å². The highest BCUT2D eigenvalue weighted by molar-refractivity contribution is 5.66. The third-order valence-corrected chi connectivity index (χ3v) is 1.70. The molecule has 0 saturated carbocycles. The van der Waals surface area contributed by atoms with Crippen LogP contribution in [0.5, 0.6) is 5.75 Å². The molecular formula is C10H13NO. The van der Waals surface area contributed by atoms with Crippen molar-refractivity contribution in [2.75, 3.05) is 7.11 Å². The molecule has 2 heteroatoms. The van der Waals surface area contributed by atoms with Gasteiger partial charge < -0.3 is 10.5 Å². The number of benzene rings is 1. The van der Waals surface area contributed by atoms with Crippen LogP contribution < -0.4 is 10.5 Å². The molecule has 2 nitrogen and oxygen atoms in total. The Morgan fingerprint density at radius 3 is 2.67 bits per heavy atom. The molecule has 0 aliphatic rings. The molecule has 1 rings (SSSR count). The zero-order valence-electron chi connectivity index (χ0n) is 7.42. The quantitative estimate of drug-likeness (QED) is 0.723. The molecule has 0 aromatic heterocycles. The van der Waals surface area contributed by atoms with E-state index < -0.39 is 0 Å². The van der Waals surface area contributed by atoms with Gasteiger partial charge in [0.25, 0.3) is 0 Å². The van der Waals surface area contributed by atoms with Crippen molar-refractivity contribution in [3.63, 3.8) is 0 Å². The number of rotatable bonds is 2. The number of nitrogens with two attached hydrogens (primary N) is 1. The summed E-state index contributed by atoms with van der Waals surface area (Å²) in [6.45, 7) is 5.67. The van der Waals surface area contributed by atoms with Gasteiger partial charge in [-0.25, -0.2) is 0 Å². The molecule has 12 heavy (non-hydrogen) atoms. The molecule has 1 aromatic carbocycles. The average Bonchev–Trinajstić information content (AvgIpc) is 2.03. The first-order chi connectivity index (χ1) is 5.65. The number of methoxy groups -OCH3 is 1. The molecule has 0 atom stereocenters. The normalized spacial score (nSPS) is 9.50. The predicted molar refractivity (Wildman–Crippen MR) is 51.0 cm³/mol. The van der Waals surface area contributed by atoms with Crippen LogP contribution in [0, 0.1) is 6.92 Å². The zero-order chi connectivity index (χ0) is 9.14. The molecular weight excluding hydrogens is 150 g/mol. The van der Waals surface area contributed by atoms with Gasteiger partial charge in [-0.1, -0.05) is 12.6 Å². The Morgan fingerprint density at radius 1 is 1.50 bits per heavy atom.